The van der Waals surface area contributed by atoms with Gasteiger partial charge in [-0.25, -0.2) is 13.2 Å². The minimum atomic E-state index is -3.94. The number of nitrogens with one attached hydrogen (secondary N) is 2. The summed E-state index contributed by atoms with van der Waals surface area (Å²) >= 11 is 6.15. The first-order chi connectivity index (χ1) is 15.3. The fourth-order valence-electron chi connectivity index (χ4n) is 3.40. The molecule has 1 heterocycles. The number of halogens is 1. The lowest BCUT2D eigenvalue weighted by Crippen LogP contribution is -2.17. The van der Waals surface area contributed by atoms with Gasteiger partial charge in [-0.05, 0) is 36.4 Å². The lowest BCUT2D eigenvalue weighted by atomic mass is 10.0. The maximum absolute atomic E-state index is 12.9. The van der Waals surface area contributed by atoms with Crippen LogP contribution in [0.3, 0.4) is 0 Å². The summed E-state index contributed by atoms with van der Waals surface area (Å²) in [5.74, 6) is -1.89. The van der Waals surface area contributed by atoms with Gasteiger partial charge >= 0.3 is 5.97 Å². The van der Waals surface area contributed by atoms with Crippen molar-refractivity contribution < 1.29 is 22.7 Å². The number of anilines is 1. The van der Waals surface area contributed by atoms with Crippen LogP contribution < -0.4 is 4.72 Å². The van der Waals surface area contributed by atoms with Crippen molar-refractivity contribution in [3.05, 3.63) is 83.4 Å². The number of hydrogen-bond acceptors (Lipinski definition) is 5. The number of hydrogen-bond donors (Lipinski definition) is 2. The van der Waals surface area contributed by atoms with Crippen LogP contribution in [0.15, 0.2) is 77.7 Å². The predicted octanol–water partition coefficient (Wildman–Crippen LogP) is 4.64. The first-order valence-electron chi connectivity index (χ1n) is 9.43. The molecule has 0 spiro atoms. The summed E-state index contributed by atoms with van der Waals surface area (Å²) in [6.07, 6.45) is 0. The molecule has 1 aromatic heterocycles. The van der Waals surface area contributed by atoms with Gasteiger partial charge in [0, 0.05) is 21.5 Å². The minimum Gasteiger partial charge on any atom is -0.463 e. The normalized spacial score (nSPS) is 11.3. The van der Waals surface area contributed by atoms with Crippen LogP contribution in [0, 0.1) is 0 Å². The van der Waals surface area contributed by atoms with Crippen molar-refractivity contribution in [2.24, 2.45) is 0 Å². The van der Waals surface area contributed by atoms with Crippen LogP contribution in [0.5, 0.6) is 0 Å². The third kappa shape index (κ3) is 3.98. The fraction of sp³-hybridized carbons (Fsp3) is 0.0435. The number of sulfonamides is 1. The minimum absolute atomic E-state index is 0.0634. The highest BCUT2D eigenvalue weighted by atomic mass is 35.5. The van der Waals surface area contributed by atoms with Crippen LogP contribution in [0.25, 0.3) is 22.2 Å². The number of benzene rings is 3. The largest absolute Gasteiger partial charge is 0.463 e. The molecule has 7 nitrogen and oxygen atoms in total. The number of methoxy groups -OCH3 is 1. The highest BCUT2D eigenvalue weighted by Gasteiger charge is 2.27. The Morgan fingerprint density at radius 3 is 2.38 bits per heavy atom. The maximum atomic E-state index is 12.9. The molecule has 4 rings (SSSR count). The summed E-state index contributed by atoms with van der Waals surface area (Å²) in [7, 11) is -2.82. The third-order valence-electron chi connectivity index (χ3n) is 4.85. The van der Waals surface area contributed by atoms with Crippen molar-refractivity contribution in [2.45, 2.75) is 4.90 Å². The number of aromatic nitrogens is 1. The average Bonchev–Trinajstić information content (AvgIpc) is 3.17. The molecular formula is C23H17ClN2O5S. The Kier molecular flexibility index (Phi) is 5.73. The monoisotopic (exact) mass is 468 g/mol. The highest BCUT2D eigenvalue weighted by Crippen LogP contribution is 2.37. The Morgan fingerprint density at radius 2 is 1.66 bits per heavy atom. The van der Waals surface area contributed by atoms with Gasteiger partial charge in [-0.2, -0.15) is 0 Å². The van der Waals surface area contributed by atoms with Gasteiger partial charge in [0.15, 0.2) is 0 Å². The van der Waals surface area contributed by atoms with Crippen LogP contribution in [-0.2, 0) is 19.6 Å². The van der Waals surface area contributed by atoms with E-state index >= 15 is 0 Å². The van der Waals surface area contributed by atoms with Crippen molar-refractivity contribution in [3.8, 4) is 11.3 Å². The molecule has 0 bridgehead atoms. The molecule has 162 valence electrons. The summed E-state index contributed by atoms with van der Waals surface area (Å²) in [4.78, 5) is 28.1. The number of aromatic amines is 1. The number of carbonyl (C=O) groups is 2. The zero-order chi connectivity index (χ0) is 22.9. The lowest BCUT2D eigenvalue weighted by molar-refractivity contribution is -0.135. The zero-order valence-corrected chi connectivity index (χ0v) is 18.3. The standard InChI is InChI=1S/C23H17ClN2O5S/c1-31-23(28)22(27)20-16-9-5-6-10-18(16)25-21(20)17-12-11-14(24)13-19(17)26-32(29,30)15-7-3-2-4-8-15/h2-13,25-26H,1H3. The number of para-hydroxylation sites is 1. The molecule has 0 fully saturated rings. The topological polar surface area (TPSA) is 105 Å². The van der Waals surface area contributed by atoms with Gasteiger partial charge in [0.1, 0.15) is 0 Å². The van der Waals surface area contributed by atoms with Crippen LogP contribution >= 0.6 is 11.6 Å². The first kappa shape index (κ1) is 21.6. The smallest absolute Gasteiger partial charge is 0.379 e. The number of Topliss-reactive ketones (excluding diaryl/α,β-unsaturated/α-hetero) is 1. The average molecular weight is 469 g/mol. The molecule has 2 N–H and O–H groups in total. The van der Waals surface area contributed by atoms with Crippen molar-refractivity contribution in [3.63, 3.8) is 0 Å². The van der Waals surface area contributed by atoms with Gasteiger partial charge in [0.05, 0.1) is 29.0 Å². The van der Waals surface area contributed by atoms with Crippen LogP contribution in [-0.4, -0.2) is 32.3 Å². The van der Waals surface area contributed by atoms with E-state index in [-0.39, 0.29) is 26.9 Å². The highest BCUT2D eigenvalue weighted by molar-refractivity contribution is 7.92. The summed E-state index contributed by atoms with van der Waals surface area (Å²) in [6, 6.07) is 19.4. The number of rotatable bonds is 6. The molecule has 0 radical (unpaired) electrons. The van der Waals surface area contributed by atoms with Crippen molar-refractivity contribution in [1.29, 1.82) is 0 Å². The second-order valence-electron chi connectivity index (χ2n) is 6.85. The Balaban J connectivity index is 1.92. The van der Waals surface area contributed by atoms with E-state index in [0.29, 0.717) is 16.5 Å². The molecule has 0 aliphatic carbocycles. The van der Waals surface area contributed by atoms with E-state index in [2.05, 4.69) is 14.4 Å². The molecule has 9 heteroatoms. The van der Waals surface area contributed by atoms with Gasteiger partial charge in [-0.1, -0.05) is 48.0 Å². The number of ether oxygens (including phenoxy) is 1. The van der Waals surface area contributed by atoms with Crippen molar-refractivity contribution >= 4 is 50.0 Å². The molecule has 0 saturated carbocycles. The van der Waals surface area contributed by atoms with Gasteiger partial charge in [0.25, 0.3) is 15.8 Å². The maximum Gasteiger partial charge on any atom is 0.379 e. The van der Waals surface area contributed by atoms with Gasteiger partial charge < -0.3 is 9.72 Å². The van der Waals surface area contributed by atoms with E-state index in [1.807, 2.05) is 0 Å². The van der Waals surface area contributed by atoms with E-state index in [9.17, 15) is 18.0 Å². The molecule has 0 aliphatic rings. The van der Waals surface area contributed by atoms with E-state index in [1.165, 1.54) is 18.2 Å². The second kappa shape index (κ2) is 8.49. The Morgan fingerprint density at radius 1 is 0.969 bits per heavy atom. The van der Waals surface area contributed by atoms with Gasteiger partial charge in [-0.15, -0.1) is 0 Å². The third-order valence-corrected chi connectivity index (χ3v) is 6.47. The van der Waals surface area contributed by atoms with Gasteiger partial charge in [0.2, 0.25) is 0 Å². The number of fused-ring (bicyclic) bond motifs is 1. The first-order valence-corrected chi connectivity index (χ1v) is 11.3. The Hall–Kier alpha value is -3.62. The quantitative estimate of drug-likeness (QED) is 0.243. The predicted molar refractivity (Wildman–Crippen MR) is 122 cm³/mol. The molecule has 32 heavy (non-hydrogen) atoms. The van der Waals surface area contributed by atoms with Crippen LogP contribution in [0.4, 0.5) is 5.69 Å². The number of carbonyl (C=O) groups excluding carboxylic acids is 2. The molecule has 4 aromatic rings. The molecule has 0 amide bonds. The summed E-state index contributed by atoms with van der Waals surface area (Å²) in [5, 5.41) is 0.793. The van der Waals surface area contributed by atoms with Crippen molar-refractivity contribution in [2.75, 3.05) is 11.8 Å². The number of ketones is 1. The molecular weight excluding hydrogens is 452 g/mol. The molecule has 0 aliphatic heterocycles. The summed E-state index contributed by atoms with van der Waals surface area (Å²) in [6.45, 7) is 0. The van der Waals surface area contributed by atoms with E-state index in [1.54, 1.807) is 54.6 Å². The number of H-pyrrole nitrogens is 1. The van der Waals surface area contributed by atoms with Crippen LogP contribution in [0.2, 0.25) is 5.02 Å². The van der Waals surface area contributed by atoms with Crippen LogP contribution in [0.1, 0.15) is 10.4 Å². The summed E-state index contributed by atoms with van der Waals surface area (Å²) < 4.78 is 33.0. The lowest BCUT2D eigenvalue weighted by Gasteiger charge is -2.14. The molecule has 0 atom stereocenters. The Bertz CT molecular complexity index is 1450. The fourth-order valence-corrected chi connectivity index (χ4v) is 4.66. The van der Waals surface area contributed by atoms with Crippen molar-refractivity contribution in [1.82, 2.24) is 4.98 Å². The summed E-state index contributed by atoms with van der Waals surface area (Å²) in [5.41, 5.74) is 1.43. The zero-order valence-electron chi connectivity index (χ0n) is 16.8. The van der Waals surface area contributed by atoms with E-state index in [0.717, 1.165) is 7.11 Å². The van der Waals surface area contributed by atoms with E-state index < -0.39 is 21.8 Å². The molecule has 0 saturated heterocycles. The van der Waals surface area contributed by atoms with E-state index in [4.69, 9.17) is 11.6 Å². The SMILES string of the molecule is COC(=O)C(=O)c1c(-c2ccc(Cl)cc2NS(=O)(=O)c2ccccc2)[nH]c2ccccc12. The molecule has 0 unspecified atom stereocenters. The van der Waals surface area contributed by atoms with Gasteiger partial charge in [-0.3, -0.25) is 9.52 Å². The molecule has 3 aromatic carbocycles. The second-order valence-corrected chi connectivity index (χ2v) is 8.97. The Labute approximate surface area is 189 Å². The number of esters is 1.